The van der Waals surface area contributed by atoms with Gasteiger partial charge in [0.15, 0.2) is 0 Å². The Labute approximate surface area is 111 Å². The number of anilines is 1. The Kier molecular flexibility index (Phi) is 2.42. The summed E-state index contributed by atoms with van der Waals surface area (Å²) < 4.78 is 0. The Morgan fingerprint density at radius 3 is 2.44 bits per heavy atom. The van der Waals surface area contributed by atoms with E-state index in [1.807, 2.05) is 55.5 Å². The van der Waals surface area contributed by atoms with Gasteiger partial charge in [-0.2, -0.15) is 0 Å². The number of para-hydroxylation sites is 1. The highest BCUT2D eigenvalue weighted by molar-refractivity contribution is 6.30. The maximum atomic E-state index is 12.3. The molecule has 1 heterocycles. The molecule has 1 aliphatic rings. The molecule has 1 atom stereocenters. The van der Waals surface area contributed by atoms with Gasteiger partial charge in [-0.1, -0.05) is 41.9 Å². The summed E-state index contributed by atoms with van der Waals surface area (Å²) in [6, 6.07) is 15.2. The molecule has 0 saturated heterocycles. The molecule has 0 aromatic heterocycles. The van der Waals surface area contributed by atoms with Gasteiger partial charge in [0.1, 0.15) is 0 Å². The fraction of sp³-hybridized carbons (Fsp3) is 0.133. The smallest absolute Gasteiger partial charge is 0.239 e. The van der Waals surface area contributed by atoms with Crippen molar-refractivity contribution in [2.45, 2.75) is 12.3 Å². The lowest BCUT2D eigenvalue weighted by Crippen LogP contribution is -2.32. The molecular formula is C15H12ClNO. The van der Waals surface area contributed by atoms with Crippen molar-refractivity contribution in [2.24, 2.45) is 0 Å². The molecule has 18 heavy (non-hydrogen) atoms. The average molecular weight is 258 g/mol. The van der Waals surface area contributed by atoms with Gasteiger partial charge in [-0.25, -0.2) is 0 Å². The predicted octanol–water partition coefficient (Wildman–Crippen LogP) is 3.60. The molecule has 0 fully saturated rings. The Morgan fingerprint density at radius 1 is 1.06 bits per heavy atom. The number of halogens is 1. The number of nitrogens with one attached hydrogen (secondary N) is 1. The standard InChI is InChI=1S/C15H12ClNO/c1-15(10-6-8-11(16)9-7-10)12-4-2-3-5-13(12)17-14(15)18/h2-9H,1H3,(H,17,18). The van der Waals surface area contributed by atoms with Crippen molar-refractivity contribution in [3.63, 3.8) is 0 Å². The van der Waals surface area contributed by atoms with Gasteiger partial charge in [-0.15, -0.1) is 0 Å². The lowest BCUT2D eigenvalue weighted by Gasteiger charge is -2.22. The fourth-order valence-electron chi connectivity index (χ4n) is 2.47. The Hall–Kier alpha value is -1.80. The van der Waals surface area contributed by atoms with Crippen LogP contribution in [0.4, 0.5) is 5.69 Å². The summed E-state index contributed by atoms with van der Waals surface area (Å²) in [6.45, 7) is 1.94. The van der Waals surface area contributed by atoms with E-state index in [2.05, 4.69) is 5.32 Å². The number of hydrogen-bond donors (Lipinski definition) is 1. The van der Waals surface area contributed by atoms with E-state index in [-0.39, 0.29) is 5.91 Å². The summed E-state index contributed by atoms with van der Waals surface area (Å²) in [6.07, 6.45) is 0. The second-order valence-electron chi connectivity index (χ2n) is 4.63. The van der Waals surface area contributed by atoms with Crippen LogP contribution in [0.3, 0.4) is 0 Å². The van der Waals surface area contributed by atoms with Gasteiger partial charge in [-0.05, 0) is 36.2 Å². The predicted molar refractivity (Wildman–Crippen MR) is 73.0 cm³/mol. The van der Waals surface area contributed by atoms with Gasteiger partial charge < -0.3 is 5.32 Å². The first-order valence-electron chi connectivity index (χ1n) is 5.79. The SMILES string of the molecule is CC1(c2ccc(Cl)cc2)C(=O)Nc2ccccc21. The molecule has 2 nitrogen and oxygen atoms in total. The number of fused-ring (bicyclic) bond motifs is 1. The molecule has 0 spiro atoms. The summed E-state index contributed by atoms with van der Waals surface area (Å²) in [5.41, 5.74) is 2.22. The summed E-state index contributed by atoms with van der Waals surface area (Å²) in [4.78, 5) is 12.3. The third kappa shape index (κ3) is 1.46. The molecule has 2 aromatic carbocycles. The van der Waals surface area contributed by atoms with Crippen molar-refractivity contribution in [3.8, 4) is 0 Å². The van der Waals surface area contributed by atoms with E-state index in [0.717, 1.165) is 16.8 Å². The highest BCUT2D eigenvalue weighted by Gasteiger charge is 2.43. The van der Waals surface area contributed by atoms with Crippen LogP contribution in [0.2, 0.25) is 5.02 Å². The largest absolute Gasteiger partial charge is 0.325 e. The van der Waals surface area contributed by atoms with Crippen molar-refractivity contribution in [1.82, 2.24) is 0 Å². The highest BCUT2D eigenvalue weighted by Crippen LogP contribution is 2.42. The van der Waals surface area contributed by atoms with Crippen LogP contribution in [0, 0.1) is 0 Å². The van der Waals surface area contributed by atoms with Crippen LogP contribution < -0.4 is 5.32 Å². The lowest BCUT2D eigenvalue weighted by molar-refractivity contribution is -0.119. The molecule has 90 valence electrons. The number of benzene rings is 2. The zero-order valence-electron chi connectivity index (χ0n) is 9.91. The Morgan fingerprint density at radius 2 is 1.72 bits per heavy atom. The maximum Gasteiger partial charge on any atom is 0.239 e. The van der Waals surface area contributed by atoms with Gasteiger partial charge in [0.2, 0.25) is 5.91 Å². The number of carbonyl (C=O) groups excluding carboxylic acids is 1. The van der Waals surface area contributed by atoms with Crippen molar-refractivity contribution >= 4 is 23.2 Å². The second-order valence-corrected chi connectivity index (χ2v) is 5.07. The van der Waals surface area contributed by atoms with E-state index in [1.54, 1.807) is 0 Å². The van der Waals surface area contributed by atoms with Crippen molar-refractivity contribution in [2.75, 3.05) is 5.32 Å². The topological polar surface area (TPSA) is 29.1 Å². The fourth-order valence-corrected chi connectivity index (χ4v) is 2.59. The third-order valence-corrected chi connectivity index (χ3v) is 3.84. The zero-order valence-corrected chi connectivity index (χ0v) is 10.7. The highest BCUT2D eigenvalue weighted by atomic mass is 35.5. The summed E-state index contributed by atoms with van der Waals surface area (Å²) in [7, 11) is 0. The first kappa shape index (κ1) is 11.3. The minimum Gasteiger partial charge on any atom is -0.325 e. The maximum absolute atomic E-state index is 12.3. The molecule has 1 unspecified atom stereocenters. The average Bonchev–Trinajstić information content (AvgIpc) is 2.64. The van der Waals surface area contributed by atoms with Crippen molar-refractivity contribution in [1.29, 1.82) is 0 Å². The van der Waals surface area contributed by atoms with Gasteiger partial charge in [0.05, 0.1) is 5.41 Å². The molecule has 1 aliphatic heterocycles. The van der Waals surface area contributed by atoms with Crippen LogP contribution in [0.1, 0.15) is 18.1 Å². The summed E-state index contributed by atoms with van der Waals surface area (Å²) in [5.74, 6) is 0.00558. The van der Waals surface area contributed by atoms with E-state index in [4.69, 9.17) is 11.6 Å². The zero-order chi connectivity index (χ0) is 12.8. The number of carbonyl (C=O) groups is 1. The molecule has 0 saturated carbocycles. The first-order valence-corrected chi connectivity index (χ1v) is 6.17. The molecule has 3 heteroatoms. The number of rotatable bonds is 1. The Bertz CT molecular complexity index is 621. The molecule has 0 radical (unpaired) electrons. The third-order valence-electron chi connectivity index (χ3n) is 3.59. The Balaban J connectivity index is 2.20. The first-order chi connectivity index (χ1) is 8.62. The van der Waals surface area contributed by atoms with Crippen molar-refractivity contribution < 1.29 is 4.79 Å². The second kappa shape index (κ2) is 3.85. The van der Waals surface area contributed by atoms with Crippen LogP contribution in [0.5, 0.6) is 0 Å². The van der Waals surface area contributed by atoms with Crippen molar-refractivity contribution in [3.05, 3.63) is 64.7 Å². The van der Waals surface area contributed by atoms with Crippen LogP contribution in [0.25, 0.3) is 0 Å². The molecule has 0 bridgehead atoms. The van der Waals surface area contributed by atoms with E-state index in [9.17, 15) is 4.79 Å². The lowest BCUT2D eigenvalue weighted by atomic mass is 9.77. The van der Waals surface area contributed by atoms with Crippen LogP contribution in [-0.2, 0) is 10.2 Å². The molecular weight excluding hydrogens is 246 g/mol. The number of hydrogen-bond acceptors (Lipinski definition) is 1. The monoisotopic (exact) mass is 257 g/mol. The summed E-state index contributed by atoms with van der Waals surface area (Å²) >= 11 is 5.90. The van der Waals surface area contributed by atoms with E-state index in [1.165, 1.54) is 0 Å². The number of amides is 1. The molecule has 1 N–H and O–H groups in total. The minimum absolute atomic E-state index is 0.00558. The normalized spacial score (nSPS) is 21.6. The van der Waals surface area contributed by atoms with Gasteiger partial charge >= 0.3 is 0 Å². The van der Waals surface area contributed by atoms with Crippen LogP contribution in [0.15, 0.2) is 48.5 Å². The van der Waals surface area contributed by atoms with E-state index in [0.29, 0.717) is 5.02 Å². The van der Waals surface area contributed by atoms with Crippen LogP contribution >= 0.6 is 11.6 Å². The van der Waals surface area contributed by atoms with E-state index >= 15 is 0 Å². The minimum atomic E-state index is -0.638. The van der Waals surface area contributed by atoms with Gasteiger partial charge in [0.25, 0.3) is 0 Å². The van der Waals surface area contributed by atoms with Gasteiger partial charge in [-0.3, -0.25) is 4.79 Å². The molecule has 3 rings (SSSR count). The molecule has 0 aliphatic carbocycles. The quantitative estimate of drug-likeness (QED) is 0.831. The molecule has 1 amide bonds. The van der Waals surface area contributed by atoms with Crippen LogP contribution in [-0.4, -0.2) is 5.91 Å². The van der Waals surface area contributed by atoms with Gasteiger partial charge in [0, 0.05) is 10.7 Å². The summed E-state index contributed by atoms with van der Waals surface area (Å²) in [5, 5.41) is 3.60. The molecule has 2 aromatic rings. The van der Waals surface area contributed by atoms with E-state index < -0.39 is 5.41 Å².